The summed E-state index contributed by atoms with van der Waals surface area (Å²) in [5.41, 5.74) is 19.1. The van der Waals surface area contributed by atoms with Crippen LogP contribution >= 0.6 is 22.7 Å². The maximum atomic E-state index is 12.4. The predicted octanol–water partition coefficient (Wildman–Crippen LogP) is 7.53. The lowest BCUT2D eigenvalue weighted by Gasteiger charge is -2.15. The van der Waals surface area contributed by atoms with Crippen molar-refractivity contribution >= 4 is 82.5 Å². The topological polar surface area (TPSA) is 164 Å². The molecule has 0 aliphatic carbocycles. The number of ether oxygens (including phenoxy) is 2. The first-order chi connectivity index (χ1) is 28.2. The van der Waals surface area contributed by atoms with Gasteiger partial charge in [0, 0.05) is 65.0 Å². The summed E-state index contributed by atoms with van der Waals surface area (Å²) in [5, 5.41) is 7.74. The molecule has 8 aromatic rings. The van der Waals surface area contributed by atoms with Gasteiger partial charge in [0.1, 0.15) is 47.1 Å². The second-order valence-electron chi connectivity index (χ2n) is 15.3. The maximum absolute atomic E-state index is 12.4. The summed E-state index contributed by atoms with van der Waals surface area (Å²) in [7, 11) is 3.45. The number of hydrogen-bond acceptors (Lipinski definition) is 12. The normalized spacial score (nSPS) is 18.3. The van der Waals surface area contributed by atoms with Crippen LogP contribution in [-0.4, -0.2) is 79.8 Å². The van der Waals surface area contributed by atoms with Gasteiger partial charge in [0.05, 0.1) is 40.4 Å². The predicted molar refractivity (Wildman–Crippen MR) is 233 cm³/mol. The number of hydrogen-bond donors (Lipinski definition) is 3. The highest BCUT2D eigenvalue weighted by Crippen LogP contribution is 2.46. The highest BCUT2D eigenvalue weighted by Gasteiger charge is 2.31. The van der Waals surface area contributed by atoms with Gasteiger partial charge in [0.2, 0.25) is 5.91 Å². The summed E-state index contributed by atoms with van der Waals surface area (Å²) >= 11 is 3.37. The Balaban J connectivity index is 0.943. The fourth-order valence-electron chi connectivity index (χ4n) is 9.03. The van der Waals surface area contributed by atoms with E-state index < -0.39 is 0 Å². The molecule has 3 unspecified atom stereocenters. The molecule has 0 spiro atoms. The number of anilines is 2. The van der Waals surface area contributed by atoms with Crippen LogP contribution in [0, 0.1) is 6.92 Å². The fourth-order valence-corrected chi connectivity index (χ4v) is 11.3. The van der Waals surface area contributed by atoms with Gasteiger partial charge in [0.15, 0.2) is 0 Å². The number of methoxy groups -OCH3 is 2. The van der Waals surface area contributed by atoms with Gasteiger partial charge in [-0.05, 0) is 84.5 Å². The summed E-state index contributed by atoms with van der Waals surface area (Å²) in [4.78, 5) is 34.6. The number of carbonyl (C=O) groups excluding carboxylic acids is 1. The largest absolute Gasteiger partial charge is 0.495 e. The van der Waals surface area contributed by atoms with Crippen LogP contribution in [0.4, 0.5) is 11.6 Å². The van der Waals surface area contributed by atoms with Crippen molar-refractivity contribution in [3.63, 3.8) is 0 Å². The van der Waals surface area contributed by atoms with Crippen molar-refractivity contribution in [1.82, 2.24) is 39.3 Å². The molecule has 2 aliphatic rings. The number of rotatable bonds is 9. The van der Waals surface area contributed by atoms with Crippen molar-refractivity contribution in [2.24, 2.45) is 0 Å². The summed E-state index contributed by atoms with van der Waals surface area (Å²) in [6.45, 7) is 7.80. The zero-order valence-corrected chi connectivity index (χ0v) is 34.0. The van der Waals surface area contributed by atoms with E-state index in [2.05, 4.69) is 91.7 Å². The number of carbonyl (C=O) groups is 1. The fraction of sp³-hybridized carbons (Fsp3) is 0.279. The first kappa shape index (κ1) is 36.3. The third-order valence-corrected chi connectivity index (χ3v) is 14.1. The number of nitrogens with one attached hydrogen (secondary N) is 1. The number of nitrogens with two attached hydrogens (primary N) is 2. The minimum absolute atomic E-state index is 0.0594. The number of nitrogens with zero attached hydrogens (tertiary/aromatic N) is 7. The van der Waals surface area contributed by atoms with Crippen molar-refractivity contribution in [3.8, 4) is 32.4 Å². The van der Waals surface area contributed by atoms with Gasteiger partial charge in [-0.15, -0.1) is 22.7 Å². The van der Waals surface area contributed by atoms with Crippen LogP contribution in [-0.2, 0) is 11.2 Å². The molecule has 58 heavy (non-hydrogen) atoms. The highest BCUT2D eigenvalue weighted by atomic mass is 32.1. The monoisotopic (exact) mass is 810 g/mol. The lowest BCUT2D eigenvalue weighted by molar-refractivity contribution is -0.125. The number of nitrogen functional groups attached to an aromatic ring is 2. The number of thiophene rings is 2. The van der Waals surface area contributed by atoms with E-state index in [0.29, 0.717) is 24.7 Å². The molecule has 2 fully saturated rings. The average molecular weight is 811 g/mol. The Labute approximate surface area is 341 Å². The van der Waals surface area contributed by atoms with Crippen LogP contribution in [0.15, 0.2) is 74.1 Å². The minimum atomic E-state index is -0.0594. The summed E-state index contributed by atoms with van der Waals surface area (Å²) in [6.07, 6.45) is 11.3. The zero-order chi connectivity index (χ0) is 39.8. The first-order valence-corrected chi connectivity index (χ1v) is 20.9. The van der Waals surface area contributed by atoms with Crippen LogP contribution in [0.25, 0.3) is 63.1 Å². The molecule has 2 saturated heterocycles. The summed E-state index contributed by atoms with van der Waals surface area (Å²) in [5.74, 6) is 2.55. The van der Waals surface area contributed by atoms with Gasteiger partial charge >= 0.3 is 0 Å². The molecular weight excluding hydrogens is 769 g/mol. The number of aryl methyl sites for hydroxylation is 1. The third kappa shape index (κ3) is 5.95. The molecule has 0 saturated carbocycles. The zero-order valence-electron chi connectivity index (χ0n) is 32.4. The van der Waals surface area contributed by atoms with Crippen molar-refractivity contribution in [3.05, 3.63) is 85.2 Å². The van der Waals surface area contributed by atoms with Crippen LogP contribution < -0.4 is 26.3 Å². The van der Waals surface area contributed by atoms with Gasteiger partial charge in [-0.1, -0.05) is 12.6 Å². The van der Waals surface area contributed by atoms with Crippen LogP contribution in [0.2, 0.25) is 0 Å². The van der Waals surface area contributed by atoms with Crippen molar-refractivity contribution in [2.45, 2.75) is 44.3 Å². The molecule has 10 rings (SSSR count). The smallest absolute Gasteiger partial charge is 0.246 e. The second-order valence-corrected chi connectivity index (χ2v) is 17.4. The van der Waals surface area contributed by atoms with Crippen molar-refractivity contribution < 1.29 is 14.3 Å². The van der Waals surface area contributed by atoms with E-state index in [1.807, 2.05) is 4.90 Å². The molecule has 2 aliphatic heterocycles. The SMILES string of the molecule is C=CC(=O)N1CCC(n2cc(-c3cc4cc(CC5CC(n6cc(-c7cc8cc(C)cc(OC)c8s7)c7c(N)ncnc76)CN5)cc(OC)c4s3)c3c(N)ncnc32)C1. The minimum Gasteiger partial charge on any atom is -0.495 e. The van der Waals surface area contributed by atoms with Crippen LogP contribution in [0.1, 0.15) is 36.1 Å². The molecule has 2 aromatic carbocycles. The van der Waals surface area contributed by atoms with E-state index in [1.54, 1.807) is 43.2 Å². The van der Waals surface area contributed by atoms with Gasteiger partial charge in [-0.25, -0.2) is 19.9 Å². The Kier molecular flexibility index (Phi) is 8.84. The quantitative estimate of drug-likeness (QED) is 0.124. The van der Waals surface area contributed by atoms with Gasteiger partial charge in [-0.3, -0.25) is 4.79 Å². The number of aromatic nitrogens is 6. The molecule has 5 N–H and O–H groups in total. The van der Waals surface area contributed by atoms with Crippen LogP contribution in [0.5, 0.6) is 11.5 Å². The molecule has 13 nitrogen and oxygen atoms in total. The van der Waals surface area contributed by atoms with Gasteiger partial charge in [0.25, 0.3) is 0 Å². The molecule has 8 heterocycles. The standard InChI is InChI=1S/C43H42N10O3S2/c1-5-35(54)51-7-6-27(17-51)52-18-29(36-40(44)47-20-49-42(36)52)34-14-25-10-23(12-32(56-4)39(25)58-34)11-26-15-28(16-46-26)53-19-30(37-41(45)48-21-50-43(37)53)33-13-24-8-22(2)9-31(55-3)38(24)57-33/h5,8-10,12-14,18-21,26-28,46H,1,6-7,11,15-17H2,2-4H3,(H2,44,47,49)(H2,45,48,50). The molecule has 1 amide bonds. The van der Waals surface area contributed by atoms with E-state index in [-0.39, 0.29) is 24.0 Å². The van der Waals surface area contributed by atoms with Gasteiger partial charge < -0.3 is 40.3 Å². The third-order valence-electron chi connectivity index (χ3n) is 11.7. The van der Waals surface area contributed by atoms with Gasteiger partial charge in [-0.2, -0.15) is 0 Å². The number of fused-ring (bicyclic) bond motifs is 4. The second kappa shape index (κ2) is 14.1. The lowest BCUT2D eigenvalue weighted by atomic mass is 10.0. The van der Waals surface area contributed by atoms with E-state index in [9.17, 15) is 4.79 Å². The molecule has 0 radical (unpaired) electrons. The Hall–Kier alpha value is -6.03. The van der Waals surface area contributed by atoms with E-state index in [0.717, 1.165) is 106 Å². The molecular formula is C43H42N10O3S2. The van der Waals surface area contributed by atoms with E-state index >= 15 is 0 Å². The molecule has 15 heteroatoms. The summed E-state index contributed by atoms with van der Waals surface area (Å²) < 4.78 is 18.4. The number of likely N-dealkylation sites (tertiary alicyclic amines) is 1. The Bertz CT molecular complexity index is 2940. The number of amides is 1. The Morgan fingerprint density at radius 1 is 0.862 bits per heavy atom. The Morgan fingerprint density at radius 3 is 2.09 bits per heavy atom. The lowest BCUT2D eigenvalue weighted by Crippen LogP contribution is -2.27. The van der Waals surface area contributed by atoms with Crippen molar-refractivity contribution in [1.29, 1.82) is 0 Å². The number of benzene rings is 2. The Morgan fingerprint density at radius 2 is 1.47 bits per heavy atom. The highest BCUT2D eigenvalue weighted by molar-refractivity contribution is 7.23. The molecule has 0 bridgehead atoms. The van der Waals surface area contributed by atoms with E-state index in [1.165, 1.54) is 18.0 Å². The first-order valence-electron chi connectivity index (χ1n) is 19.3. The summed E-state index contributed by atoms with van der Waals surface area (Å²) in [6, 6.07) is 13.6. The molecule has 3 atom stereocenters. The van der Waals surface area contributed by atoms with Crippen molar-refractivity contribution in [2.75, 3.05) is 45.3 Å². The maximum Gasteiger partial charge on any atom is 0.246 e. The molecule has 6 aromatic heterocycles. The van der Waals surface area contributed by atoms with Crippen LogP contribution in [0.3, 0.4) is 0 Å². The molecule has 294 valence electrons. The average Bonchev–Trinajstić information content (AvgIpc) is 4.08. The van der Waals surface area contributed by atoms with E-state index in [4.69, 9.17) is 25.9 Å².